The van der Waals surface area contributed by atoms with Crippen LogP contribution in [0.2, 0.25) is 0 Å². The summed E-state index contributed by atoms with van der Waals surface area (Å²) in [5, 5.41) is 6.37. The van der Waals surface area contributed by atoms with Crippen molar-refractivity contribution in [1.82, 2.24) is 5.43 Å². The van der Waals surface area contributed by atoms with Gasteiger partial charge in [0.15, 0.2) is 0 Å². The van der Waals surface area contributed by atoms with Gasteiger partial charge in [-0.25, -0.2) is 5.43 Å². The molecule has 148 valence electrons. The third kappa shape index (κ3) is 6.12. The SMILES string of the molecule is CCOc1ccc(/C=N\NC(=O)C(=O)Nc2ccc(CC)cc2)c(OCC)c1. The number of hydrazone groups is 1. The van der Waals surface area contributed by atoms with Gasteiger partial charge in [0.25, 0.3) is 0 Å². The molecule has 2 aromatic rings. The predicted octanol–water partition coefficient (Wildman–Crippen LogP) is 3.14. The maximum atomic E-state index is 12.0. The summed E-state index contributed by atoms with van der Waals surface area (Å²) < 4.78 is 11.0. The van der Waals surface area contributed by atoms with Gasteiger partial charge < -0.3 is 14.8 Å². The summed E-state index contributed by atoms with van der Waals surface area (Å²) in [5.74, 6) is -0.398. The quantitative estimate of drug-likeness (QED) is 0.416. The number of carbonyl (C=O) groups is 2. The fraction of sp³-hybridized carbons (Fsp3) is 0.286. The highest BCUT2D eigenvalue weighted by Gasteiger charge is 2.13. The molecule has 0 atom stereocenters. The van der Waals surface area contributed by atoms with Crippen molar-refractivity contribution in [3.63, 3.8) is 0 Å². The van der Waals surface area contributed by atoms with Gasteiger partial charge >= 0.3 is 11.8 Å². The molecule has 0 saturated carbocycles. The van der Waals surface area contributed by atoms with Crippen molar-refractivity contribution in [2.75, 3.05) is 18.5 Å². The third-order valence-electron chi connectivity index (χ3n) is 3.79. The van der Waals surface area contributed by atoms with Crippen LogP contribution in [-0.4, -0.2) is 31.2 Å². The van der Waals surface area contributed by atoms with Gasteiger partial charge in [-0.1, -0.05) is 19.1 Å². The number of benzene rings is 2. The summed E-state index contributed by atoms with van der Waals surface area (Å²) in [5.41, 5.74) is 4.56. The molecule has 28 heavy (non-hydrogen) atoms. The molecule has 2 amide bonds. The lowest BCUT2D eigenvalue weighted by Crippen LogP contribution is -2.32. The predicted molar refractivity (Wildman–Crippen MR) is 109 cm³/mol. The monoisotopic (exact) mass is 383 g/mol. The number of anilines is 1. The van der Waals surface area contributed by atoms with Crippen molar-refractivity contribution in [2.24, 2.45) is 5.10 Å². The second-order valence-electron chi connectivity index (χ2n) is 5.77. The van der Waals surface area contributed by atoms with E-state index in [2.05, 4.69) is 15.8 Å². The summed E-state index contributed by atoms with van der Waals surface area (Å²) in [6.07, 6.45) is 2.32. The molecule has 0 unspecified atom stereocenters. The molecule has 0 bridgehead atoms. The first kappa shape index (κ1) is 21.0. The second kappa shape index (κ2) is 10.7. The molecule has 0 fully saturated rings. The average molecular weight is 383 g/mol. The highest BCUT2D eigenvalue weighted by atomic mass is 16.5. The van der Waals surface area contributed by atoms with Gasteiger partial charge in [0.1, 0.15) is 11.5 Å². The van der Waals surface area contributed by atoms with E-state index in [0.29, 0.717) is 36.0 Å². The van der Waals surface area contributed by atoms with Gasteiger partial charge in [-0.15, -0.1) is 0 Å². The standard InChI is InChI=1S/C21H25N3O4/c1-4-15-7-10-17(11-8-15)23-20(25)21(26)24-22-14-16-9-12-18(27-5-2)13-19(16)28-6-3/h7-14H,4-6H2,1-3H3,(H,23,25)(H,24,26)/b22-14-. The molecule has 2 N–H and O–H groups in total. The number of nitrogens with zero attached hydrogens (tertiary/aromatic N) is 1. The largest absolute Gasteiger partial charge is 0.494 e. The van der Waals surface area contributed by atoms with E-state index in [4.69, 9.17) is 9.47 Å². The van der Waals surface area contributed by atoms with Crippen LogP contribution in [0.25, 0.3) is 0 Å². The van der Waals surface area contributed by atoms with Crippen LogP contribution in [0.4, 0.5) is 5.69 Å². The highest BCUT2D eigenvalue weighted by Crippen LogP contribution is 2.23. The third-order valence-corrected chi connectivity index (χ3v) is 3.79. The second-order valence-corrected chi connectivity index (χ2v) is 5.77. The lowest BCUT2D eigenvalue weighted by atomic mass is 10.1. The number of ether oxygens (including phenoxy) is 2. The molecule has 2 rings (SSSR count). The molecule has 0 heterocycles. The summed E-state index contributed by atoms with van der Waals surface area (Å²) in [6, 6.07) is 12.6. The molecule has 0 aliphatic rings. The van der Waals surface area contributed by atoms with Crippen molar-refractivity contribution in [2.45, 2.75) is 27.2 Å². The van der Waals surface area contributed by atoms with Gasteiger partial charge in [-0.2, -0.15) is 5.10 Å². The van der Waals surface area contributed by atoms with Gasteiger partial charge in [0, 0.05) is 17.3 Å². The number of amides is 2. The molecule has 2 aromatic carbocycles. The zero-order chi connectivity index (χ0) is 20.4. The minimum absolute atomic E-state index is 0.474. The number of hydrogen-bond acceptors (Lipinski definition) is 5. The molecule has 0 aliphatic carbocycles. The van der Waals surface area contributed by atoms with Crippen LogP contribution in [0.3, 0.4) is 0 Å². The first-order valence-corrected chi connectivity index (χ1v) is 9.20. The Kier molecular flexibility index (Phi) is 8.02. The lowest BCUT2D eigenvalue weighted by molar-refractivity contribution is -0.136. The Morgan fingerprint density at radius 1 is 0.964 bits per heavy atom. The average Bonchev–Trinajstić information content (AvgIpc) is 2.70. The van der Waals surface area contributed by atoms with Crippen LogP contribution in [0.1, 0.15) is 31.9 Å². The molecule has 7 nitrogen and oxygen atoms in total. The van der Waals surface area contributed by atoms with Crippen LogP contribution in [0.15, 0.2) is 47.6 Å². The summed E-state index contributed by atoms with van der Waals surface area (Å²) >= 11 is 0. The Hall–Kier alpha value is -3.35. The van der Waals surface area contributed by atoms with E-state index in [9.17, 15) is 9.59 Å². The summed E-state index contributed by atoms with van der Waals surface area (Å²) in [6.45, 7) is 6.83. The fourth-order valence-electron chi connectivity index (χ4n) is 2.38. The van der Waals surface area contributed by atoms with Crippen molar-refractivity contribution >= 4 is 23.7 Å². The minimum Gasteiger partial charge on any atom is -0.494 e. The number of aryl methyl sites for hydroxylation is 1. The van der Waals surface area contributed by atoms with Gasteiger partial charge in [0.05, 0.1) is 19.4 Å². The van der Waals surface area contributed by atoms with Crippen molar-refractivity contribution in [3.8, 4) is 11.5 Å². The minimum atomic E-state index is -0.861. The van der Waals surface area contributed by atoms with E-state index in [0.717, 1.165) is 12.0 Å². The van der Waals surface area contributed by atoms with Crippen LogP contribution < -0.4 is 20.2 Å². The number of carbonyl (C=O) groups excluding carboxylic acids is 2. The van der Waals surface area contributed by atoms with Gasteiger partial charge in [-0.05, 0) is 50.1 Å². The Morgan fingerprint density at radius 3 is 2.32 bits per heavy atom. The topological polar surface area (TPSA) is 89.0 Å². The van der Waals surface area contributed by atoms with E-state index < -0.39 is 11.8 Å². The Bertz CT molecular complexity index is 832. The van der Waals surface area contributed by atoms with E-state index >= 15 is 0 Å². The maximum absolute atomic E-state index is 12.0. The molecule has 0 saturated heterocycles. The Labute approximate surface area is 164 Å². The number of nitrogens with one attached hydrogen (secondary N) is 2. The van der Waals surface area contributed by atoms with Gasteiger partial charge in [-0.3, -0.25) is 9.59 Å². The highest BCUT2D eigenvalue weighted by molar-refractivity contribution is 6.39. The Balaban J connectivity index is 1.96. The first-order chi connectivity index (χ1) is 13.6. The molecule has 0 aliphatic heterocycles. The zero-order valence-corrected chi connectivity index (χ0v) is 16.3. The molecule has 0 spiro atoms. The van der Waals surface area contributed by atoms with Crippen molar-refractivity contribution < 1.29 is 19.1 Å². The van der Waals surface area contributed by atoms with Crippen molar-refractivity contribution in [1.29, 1.82) is 0 Å². The van der Waals surface area contributed by atoms with E-state index in [-0.39, 0.29) is 0 Å². The lowest BCUT2D eigenvalue weighted by Gasteiger charge is -2.10. The number of rotatable bonds is 8. The van der Waals surface area contributed by atoms with Crippen LogP contribution in [0, 0.1) is 0 Å². The maximum Gasteiger partial charge on any atom is 0.329 e. The van der Waals surface area contributed by atoms with Crippen molar-refractivity contribution in [3.05, 3.63) is 53.6 Å². The van der Waals surface area contributed by atoms with E-state index in [1.807, 2.05) is 32.9 Å². The normalized spacial score (nSPS) is 10.5. The molecular weight excluding hydrogens is 358 g/mol. The van der Waals surface area contributed by atoms with E-state index in [1.165, 1.54) is 6.21 Å². The van der Waals surface area contributed by atoms with Gasteiger partial charge in [0.2, 0.25) is 0 Å². The van der Waals surface area contributed by atoms with E-state index in [1.54, 1.807) is 30.3 Å². The smallest absolute Gasteiger partial charge is 0.329 e. The van der Waals surface area contributed by atoms with Crippen LogP contribution >= 0.6 is 0 Å². The molecule has 7 heteroatoms. The number of hydrogen-bond donors (Lipinski definition) is 2. The Morgan fingerprint density at radius 2 is 1.68 bits per heavy atom. The fourth-order valence-corrected chi connectivity index (χ4v) is 2.38. The molecular formula is C21H25N3O4. The van der Waals surface area contributed by atoms with Crippen LogP contribution in [0.5, 0.6) is 11.5 Å². The first-order valence-electron chi connectivity index (χ1n) is 9.20. The summed E-state index contributed by atoms with van der Waals surface area (Å²) in [4.78, 5) is 23.9. The molecule has 0 aromatic heterocycles. The van der Waals surface area contributed by atoms with Crippen LogP contribution in [-0.2, 0) is 16.0 Å². The zero-order valence-electron chi connectivity index (χ0n) is 16.3. The summed E-state index contributed by atoms with van der Waals surface area (Å²) in [7, 11) is 0. The molecule has 0 radical (unpaired) electrons.